The Hall–Kier alpha value is -7.43. The summed E-state index contributed by atoms with van der Waals surface area (Å²) in [4.78, 5) is 15.2. The van der Waals surface area contributed by atoms with E-state index in [1.54, 1.807) is 0 Å². The normalized spacial score (nSPS) is 12.3. The molecule has 0 saturated heterocycles. The van der Waals surface area contributed by atoms with E-state index in [1.165, 1.54) is 60.4 Å². The Morgan fingerprint density at radius 1 is 0.309 bits per heavy atom. The predicted molar refractivity (Wildman–Crippen MR) is 226 cm³/mol. The van der Waals surface area contributed by atoms with Crippen molar-refractivity contribution in [2.45, 2.75) is 0 Å². The largest absolute Gasteiger partial charge is 0.309 e. The lowest BCUT2D eigenvalue weighted by Crippen LogP contribution is -2.01. The molecule has 0 fully saturated rings. The molecule has 0 saturated carbocycles. The molecule has 2 heterocycles. The van der Waals surface area contributed by atoms with Gasteiger partial charge in [-0.2, -0.15) is 0 Å². The Bertz CT molecular complexity index is 3050. The van der Waals surface area contributed by atoms with E-state index in [4.69, 9.17) is 15.0 Å². The van der Waals surface area contributed by atoms with E-state index in [-0.39, 0.29) is 0 Å². The lowest BCUT2D eigenvalue weighted by molar-refractivity contribution is 1.07. The first-order valence-electron chi connectivity index (χ1n) is 18.6. The van der Waals surface area contributed by atoms with Gasteiger partial charge >= 0.3 is 0 Å². The number of benzene rings is 8. The van der Waals surface area contributed by atoms with Crippen LogP contribution in [0.2, 0.25) is 0 Å². The monoisotopic (exact) mass is 700 g/mol. The fraction of sp³-hybridized carbons (Fsp3) is 0. The van der Waals surface area contributed by atoms with Crippen LogP contribution in [0.1, 0.15) is 22.3 Å². The molecule has 0 aliphatic heterocycles. The van der Waals surface area contributed by atoms with Gasteiger partial charge in [-0.3, -0.25) is 0 Å². The maximum absolute atomic E-state index is 5.11. The van der Waals surface area contributed by atoms with Gasteiger partial charge in [-0.15, -0.1) is 0 Å². The number of para-hydroxylation sites is 1. The molecule has 8 aromatic carbocycles. The smallest absolute Gasteiger partial charge is 0.164 e. The molecule has 2 aromatic heterocycles. The molecule has 256 valence electrons. The summed E-state index contributed by atoms with van der Waals surface area (Å²) in [6, 6.07) is 68.7. The van der Waals surface area contributed by atoms with Crippen LogP contribution in [0.4, 0.5) is 0 Å². The quantitative estimate of drug-likeness (QED) is 0.173. The van der Waals surface area contributed by atoms with E-state index in [9.17, 15) is 0 Å². The van der Waals surface area contributed by atoms with Gasteiger partial charge in [-0.1, -0.05) is 164 Å². The van der Waals surface area contributed by atoms with Gasteiger partial charge in [0.25, 0.3) is 0 Å². The molecule has 0 bridgehead atoms. The molecule has 11 rings (SSSR count). The predicted octanol–water partition coefficient (Wildman–Crippen LogP) is 12.4. The highest BCUT2D eigenvalue weighted by molar-refractivity contribution is 6.31. The highest BCUT2D eigenvalue weighted by Gasteiger charge is 2.28. The molecule has 0 radical (unpaired) electrons. The number of rotatable bonds is 6. The van der Waals surface area contributed by atoms with Crippen molar-refractivity contribution in [1.82, 2.24) is 19.5 Å². The lowest BCUT2D eigenvalue weighted by Gasteiger charge is -2.19. The van der Waals surface area contributed by atoms with E-state index >= 15 is 0 Å². The van der Waals surface area contributed by atoms with E-state index in [0.717, 1.165) is 27.9 Å². The van der Waals surface area contributed by atoms with Gasteiger partial charge in [0.05, 0.1) is 11.0 Å². The first-order valence-corrected chi connectivity index (χ1v) is 18.6. The minimum atomic E-state index is 0.631. The summed E-state index contributed by atoms with van der Waals surface area (Å²) in [5, 5.41) is 5.03. The zero-order chi connectivity index (χ0) is 36.3. The summed E-state index contributed by atoms with van der Waals surface area (Å²) in [5.74, 6) is 1.92. The fourth-order valence-electron chi connectivity index (χ4n) is 8.42. The minimum Gasteiger partial charge on any atom is -0.309 e. The van der Waals surface area contributed by atoms with E-state index < -0.39 is 0 Å². The Labute approximate surface area is 318 Å². The van der Waals surface area contributed by atoms with Crippen LogP contribution >= 0.6 is 0 Å². The molecule has 0 spiro atoms. The first-order chi connectivity index (χ1) is 27.3. The molecular weight excluding hydrogens is 669 g/mol. The molecule has 0 N–H and O–H groups in total. The van der Waals surface area contributed by atoms with E-state index in [0.29, 0.717) is 17.5 Å². The third kappa shape index (κ3) is 5.03. The Balaban J connectivity index is 1.23. The van der Waals surface area contributed by atoms with Crippen LogP contribution in [0, 0.1) is 0 Å². The van der Waals surface area contributed by atoms with Crippen molar-refractivity contribution in [2.75, 3.05) is 0 Å². The fourth-order valence-corrected chi connectivity index (χ4v) is 8.42. The lowest BCUT2D eigenvalue weighted by atomic mass is 9.85. The van der Waals surface area contributed by atoms with Crippen molar-refractivity contribution in [3.05, 3.63) is 216 Å². The van der Waals surface area contributed by atoms with Gasteiger partial charge in [-0.05, 0) is 74.5 Å². The topological polar surface area (TPSA) is 43.6 Å². The maximum Gasteiger partial charge on any atom is 0.164 e. The van der Waals surface area contributed by atoms with E-state index in [1.807, 2.05) is 60.7 Å². The van der Waals surface area contributed by atoms with Crippen LogP contribution in [0.3, 0.4) is 0 Å². The van der Waals surface area contributed by atoms with Gasteiger partial charge in [0, 0.05) is 33.2 Å². The van der Waals surface area contributed by atoms with Crippen molar-refractivity contribution in [3.8, 4) is 39.9 Å². The van der Waals surface area contributed by atoms with Crippen LogP contribution in [0.25, 0.3) is 83.6 Å². The van der Waals surface area contributed by atoms with Crippen molar-refractivity contribution in [2.24, 2.45) is 0 Å². The summed E-state index contributed by atoms with van der Waals surface area (Å²) < 4.78 is 2.42. The Morgan fingerprint density at radius 3 is 1.44 bits per heavy atom. The second kappa shape index (κ2) is 12.6. The van der Waals surface area contributed by atoms with Crippen molar-refractivity contribution < 1.29 is 0 Å². The molecule has 4 nitrogen and oxygen atoms in total. The zero-order valence-electron chi connectivity index (χ0n) is 29.8. The van der Waals surface area contributed by atoms with Crippen LogP contribution < -0.4 is 0 Å². The van der Waals surface area contributed by atoms with Crippen LogP contribution in [-0.4, -0.2) is 19.5 Å². The average molecular weight is 701 g/mol. The first kappa shape index (κ1) is 31.1. The molecule has 0 unspecified atom stereocenters. The number of hydrogen-bond acceptors (Lipinski definition) is 3. The van der Waals surface area contributed by atoms with Gasteiger partial charge in [0.1, 0.15) is 0 Å². The molecule has 0 amide bonds. The Kier molecular flexibility index (Phi) is 7.14. The molecule has 10 aromatic rings. The summed E-state index contributed by atoms with van der Waals surface area (Å²) in [5.41, 5.74) is 13.4. The standard InChI is InChI=1S/C51H32N4/c1-5-16-33(17-6-1)44-40-27-14-22-34-30-31-43-48(45(34)40)47-41(28-15-29-42(47)55(43)39-25-11-4-12-26-39)46(44)37-23-13-24-38(32-37)51-53-49(35-18-7-2-8-19-35)52-50(54-51)36-20-9-3-10-21-36/h1-32H. The maximum atomic E-state index is 5.11. The zero-order valence-corrected chi connectivity index (χ0v) is 29.8. The van der Waals surface area contributed by atoms with E-state index in [2.05, 4.69) is 138 Å². The SMILES string of the molecule is c1ccc(C2=C(c3cccc(-c4nc(-c5ccccc5)nc(-c5ccccc5)n4)c3)c3cccc4c3c3c5c2cccc5ccc3n4-c2ccccc2)cc1. The van der Waals surface area contributed by atoms with Gasteiger partial charge in [0.2, 0.25) is 0 Å². The molecule has 1 aliphatic carbocycles. The second-order valence-corrected chi connectivity index (χ2v) is 14.0. The molecule has 1 aliphatic rings. The number of nitrogens with zero attached hydrogens (tertiary/aromatic N) is 4. The average Bonchev–Trinajstić information content (AvgIpc) is 3.54. The summed E-state index contributed by atoms with van der Waals surface area (Å²) in [6.45, 7) is 0. The van der Waals surface area contributed by atoms with Gasteiger partial charge in [-0.25, -0.2) is 15.0 Å². The minimum absolute atomic E-state index is 0.631. The molecule has 4 heteroatoms. The van der Waals surface area contributed by atoms with Crippen LogP contribution in [0.5, 0.6) is 0 Å². The summed E-state index contributed by atoms with van der Waals surface area (Å²) >= 11 is 0. The van der Waals surface area contributed by atoms with Crippen molar-refractivity contribution in [3.63, 3.8) is 0 Å². The highest BCUT2D eigenvalue weighted by Crippen LogP contribution is 2.50. The third-order valence-electron chi connectivity index (χ3n) is 10.8. The summed E-state index contributed by atoms with van der Waals surface area (Å²) in [7, 11) is 0. The molecular formula is C51H32N4. The molecule has 0 atom stereocenters. The van der Waals surface area contributed by atoms with Gasteiger partial charge in [0.15, 0.2) is 17.5 Å². The van der Waals surface area contributed by atoms with Gasteiger partial charge < -0.3 is 4.57 Å². The van der Waals surface area contributed by atoms with Crippen LogP contribution in [-0.2, 0) is 0 Å². The molecule has 55 heavy (non-hydrogen) atoms. The van der Waals surface area contributed by atoms with Crippen LogP contribution in [0.15, 0.2) is 194 Å². The highest BCUT2D eigenvalue weighted by atomic mass is 15.0. The Morgan fingerprint density at radius 2 is 0.782 bits per heavy atom. The number of aromatic nitrogens is 4. The van der Waals surface area contributed by atoms with Crippen molar-refractivity contribution >= 4 is 43.7 Å². The number of hydrogen-bond donors (Lipinski definition) is 0. The summed E-state index contributed by atoms with van der Waals surface area (Å²) in [6.07, 6.45) is 0. The third-order valence-corrected chi connectivity index (χ3v) is 10.8. The second-order valence-electron chi connectivity index (χ2n) is 14.0. The van der Waals surface area contributed by atoms with Crippen molar-refractivity contribution in [1.29, 1.82) is 0 Å².